The van der Waals surface area contributed by atoms with E-state index >= 15 is 0 Å². The predicted molar refractivity (Wildman–Crippen MR) is 80.1 cm³/mol. The van der Waals surface area contributed by atoms with Crippen LogP contribution in [0.4, 0.5) is 13.2 Å². The molecule has 0 aromatic heterocycles. The van der Waals surface area contributed by atoms with Crippen LogP contribution in [0.15, 0.2) is 35.4 Å². The van der Waals surface area contributed by atoms with E-state index in [2.05, 4.69) is 6.92 Å². The van der Waals surface area contributed by atoms with Crippen molar-refractivity contribution < 1.29 is 17.9 Å². The highest BCUT2D eigenvalue weighted by atomic mass is 19.4. The molecule has 118 valence electrons. The molecule has 22 heavy (non-hydrogen) atoms. The molecule has 0 saturated carbocycles. The number of alkyl halides is 3. The summed E-state index contributed by atoms with van der Waals surface area (Å²) in [4.78, 5) is 0. The normalized spacial score (nSPS) is 21.2. The van der Waals surface area contributed by atoms with Gasteiger partial charge < -0.3 is 4.74 Å². The summed E-state index contributed by atoms with van der Waals surface area (Å²) < 4.78 is 44.3. The van der Waals surface area contributed by atoms with Gasteiger partial charge in [0, 0.05) is 6.42 Å². The molecule has 0 spiro atoms. The average Bonchev–Trinajstić information content (AvgIpc) is 2.93. The molecule has 1 aromatic rings. The fourth-order valence-electron chi connectivity index (χ4n) is 3.27. The van der Waals surface area contributed by atoms with Crippen molar-refractivity contribution in [3.63, 3.8) is 0 Å². The summed E-state index contributed by atoms with van der Waals surface area (Å²) in [6.07, 6.45) is 1.28. The largest absolute Gasteiger partial charge is 0.485 e. The summed E-state index contributed by atoms with van der Waals surface area (Å²) in [6.45, 7) is 3.80. The van der Waals surface area contributed by atoms with Gasteiger partial charge in [0.1, 0.15) is 11.9 Å². The zero-order valence-electron chi connectivity index (χ0n) is 12.8. The van der Waals surface area contributed by atoms with Crippen molar-refractivity contribution in [2.24, 2.45) is 0 Å². The lowest BCUT2D eigenvalue weighted by molar-refractivity contribution is -0.0889. The Hall–Kier alpha value is -1.71. The first-order valence-corrected chi connectivity index (χ1v) is 7.60. The second kappa shape index (κ2) is 5.49. The van der Waals surface area contributed by atoms with Gasteiger partial charge in [0.15, 0.2) is 0 Å². The van der Waals surface area contributed by atoms with Crippen molar-refractivity contribution in [3.8, 4) is 5.75 Å². The van der Waals surface area contributed by atoms with Crippen molar-refractivity contribution in [1.29, 1.82) is 0 Å². The minimum Gasteiger partial charge on any atom is -0.485 e. The maximum absolute atomic E-state index is 12.7. The Morgan fingerprint density at radius 1 is 1.09 bits per heavy atom. The standard InChI is InChI=1S/C18H19F3O/c1-11-6-8-17(15-5-3-4-14(11)15)22-16-9-7-13(10-12(16)2)18(19,20)21/h6-8,10,16H,3-5,9H2,1-2H3. The molecule has 0 amide bonds. The van der Waals surface area contributed by atoms with Crippen LogP contribution in [0.3, 0.4) is 0 Å². The van der Waals surface area contributed by atoms with Gasteiger partial charge in [0.05, 0.1) is 5.57 Å². The molecule has 2 aliphatic carbocycles. The molecule has 0 fully saturated rings. The monoisotopic (exact) mass is 308 g/mol. The fourth-order valence-corrected chi connectivity index (χ4v) is 3.27. The molecule has 2 aliphatic rings. The molecule has 1 unspecified atom stereocenters. The van der Waals surface area contributed by atoms with Gasteiger partial charge in [-0.15, -0.1) is 0 Å². The number of fused-ring (bicyclic) bond motifs is 1. The van der Waals surface area contributed by atoms with E-state index in [1.165, 1.54) is 28.8 Å². The van der Waals surface area contributed by atoms with Gasteiger partial charge in [0.25, 0.3) is 0 Å². The Bertz CT molecular complexity index is 653. The third kappa shape index (κ3) is 2.79. The van der Waals surface area contributed by atoms with Crippen LogP contribution in [0.2, 0.25) is 0 Å². The lowest BCUT2D eigenvalue weighted by Crippen LogP contribution is -2.23. The van der Waals surface area contributed by atoms with E-state index in [4.69, 9.17) is 4.74 Å². The maximum Gasteiger partial charge on any atom is 0.416 e. The molecule has 0 heterocycles. The first kappa shape index (κ1) is 15.2. The van der Waals surface area contributed by atoms with Crippen LogP contribution in [0, 0.1) is 6.92 Å². The number of ether oxygens (including phenoxy) is 1. The Kier molecular flexibility index (Phi) is 3.79. The molecule has 0 aliphatic heterocycles. The fraction of sp³-hybridized carbons (Fsp3) is 0.444. The summed E-state index contributed by atoms with van der Waals surface area (Å²) in [5, 5.41) is 0. The van der Waals surface area contributed by atoms with Crippen molar-refractivity contribution in [3.05, 3.63) is 52.1 Å². The topological polar surface area (TPSA) is 9.23 Å². The van der Waals surface area contributed by atoms with Crippen LogP contribution < -0.4 is 4.74 Å². The van der Waals surface area contributed by atoms with Crippen LogP contribution >= 0.6 is 0 Å². The van der Waals surface area contributed by atoms with Gasteiger partial charge >= 0.3 is 6.18 Å². The van der Waals surface area contributed by atoms with Crippen LogP contribution in [0.25, 0.3) is 0 Å². The van der Waals surface area contributed by atoms with Crippen molar-refractivity contribution in [2.45, 2.75) is 51.8 Å². The van der Waals surface area contributed by atoms with Gasteiger partial charge in [-0.05, 0) is 67.5 Å². The number of hydrogen-bond donors (Lipinski definition) is 0. The van der Waals surface area contributed by atoms with Crippen LogP contribution in [0.5, 0.6) is 5.75 Å². The molecule has 1 aromatic carbocycles. The van der Waals surface area contributed by atoms with Gasteiger partial charge in [-0.1, -0.05) is 12.1 Å². The molecular formula is C18H19F3O. The number of rotatable bonds is 2. The first-order valence-electron chi connectivity index (χ1n) is 7.60. The first-order chi connectivity index (χ1) is 10.4. The molecule has 1 nitrogen and oxygen atoms in total. The molecule has 3 rings (SSSR count). The summed E-state index contributed by atoms with van der Waals surface area (Å²) in [7, 11) is 0. The molecule has 4 heteroatoms. The van der Waals surface area contributed by atoms with Crippen molar-refractivity contribution in [1.82, 2.24) is 0 Å². The second-order valence-electron chi connectivity index (χ2n) is 6.08. The van der Waals surface area contributed by atoms with E-state index in [-0.39, 0.29) is 12.5 Å². The van der Waals surface area contributed by atoms with E-state index in [9.17, 15) is 13.2 Å². The third-order valence-corrected chi connectivity index (χ3v) is 4.52. The van der Waals surface area contributed by atoms with Gasteiger partial charge in [-0.2, -0.15) is 13.2 Å². The lowest BCUT2D eigenvalue weighted by atomic mass is 9.97. The van der Waals surface area contributed by atoms with Crippen LogP contribution in [-0.4, -0.2) is 12.3 Å². The predicted octanol–water partition coefficient (Wildman–Crippen LogP) is 5.07. The Morgan fingerprint density at radius 2 is 1.82 bits per heavy atom. The van der Waals surface area contributed by atoms with E-state index in [0.29, 0.717) is 5.57 Å². The number of hydrogen-bond acceptors (Lipinski definition) is 1. The second-order valence-corrected chi connectivity index (χ2v) is 6.08. The Morgan fingerprint density at radius 3 is 2.50 bits per heavy atom. The van der Waals surface area contributed by atoms with Gasteiger partial charge in [0.2, 0.25) is 0 Å². The number of benzene rings is 1. The molecule has 0 radical (unpaired) electrons. The Balaban J connectivity index is 1.81. The third-order valence-electron chi connectivity index (χ3n) is 4.52. The summed E-state index contributed by atoms with van der Waals surface area (Å²) in [6, 6.07) is 3.99. The van der Waals surface area contributed by atoms with Crippen LogP contribution in [-0.2, 0) is 12.8 Å². The maximum atomic E-state index is 12.7. The minimum atomic E-state index is -4.28. The lowest BCUT2D eigenvalue weighted by Gasteiger charge is -2.25. The quantitative estimate of drug-likeness (QED) is 0.741. The molecule has 0 bridgehead atoms. The molecular weight excluding hydrogens is 289 g/mol. The highest BCUT2D eigenvalue weighted by molar-refractivity contribution is 5.48. The summed E-state index contributed by atoms with van der Waals surface area (Å²) in [5.41, 5.74) is 3.91. The van der Waals surface area contributed by atoms with E-state index in [0.717, 1.165) is 25.0 Å². The highest BCUT2D eigenvalue weighted by Crippen LogP contribution is 2.36. The van der Waals surface area contributed by atoms with Crippen LogP contribution in [0.1, 0.15) is 36.5 Å². The Labute approximate surface area is 128 Å². The van der Waals surface area contributed by atoms with E-state index in [1.807, 2.05) is 12.1 Å². The highest BCUT2D eigenvalue weighted by Gasteiger charge is 2.34. The summed E-state index contributed by atoms with van der Waals surface area (Å²) in [5.74, 6) is 0.833. The van der Waals surface area contributed by atoms with Crippen molar-refractivity contribution in [2.75, 3.05) is 0 Å². The number of aryl methyl sites for hydroxylation is 1. The summed E-state index contributed by atoms with van der Waals surface area (Å²) >= 11 is 0. The molecule has 0 saturated heterocycles. The van der Waals surface area contributed by atoms with Gasteiger partial charge in [-0.3, -0.25) is 0 Å². The molecule has 1 atom stereocenters. The minimum absolute atomic E-state index is 0.264. The average molecular weight is 308 g/mol. The van der Waals surface area contributed by atoms with E-state index < -0.39 is 11.7 Å². The van der Waals surface area contributed by atoms with Crippen molar-refractivity contribution >= 4 is 0 Å². The SMILES string of the molecule is CC1=CC(C(F)(F)F)=CCC1Oc1ccc(C)c2c1CCC2. The van der Waals surface area contributed by atoms with Gasteiger partial charge in [-0.25, -0.2) is 0 Å². The van der Waals surface area contributed by atoms with E-state index in [1.54, 1.807) is 6.92 Å². The number of allylic oxidation sites excluding steroid dienone is 2. The molecule has 0 N–H and O–H groups in total. The zero-order chi connectivity index (χ0) is 15.9. The zero-order valence-corrected chi connectivity index (χ0v) is 12.8. The number of halogens is 3. The smallest absolute Gasteiger partial charge is 0.416 e.